The lowest BCUT2D eigenvalue weighted by molar-refractivity contribution is 0.0974. The minimum absolute atomic E-state index is 0.0188. The molecule has 1 N–H and O–H groups in total. The number of thiazole rings is 1. The van der Waals surface area contributed by atoms with Crippen LogP contribution in [0.5, 0.6) is 0 Å². The maximum absolute atomic E-state index is 12.4. The molecule has 0 aliphatic carbocycles. The number of rotatable bonds is 1. The highest BCUT2D eigenvalue weighted by Crippen LogP contribution is 2.15. The molecule has 134 valence electrons. The van der Waals surface area contributed by atoms with Crippen LogP contribution in [0.15, 0.2) is 68.8 Å². The van der Waals surface area contributed by atoms with E-state index in [9.17, 15) is 9.59 Å². The number of hydrogen-bond acceptors (Lipinski definition) is 5. The molecule has 0 saturated carbocycles. The lowest BCUT2D eigenvalue weighted by atomic mass is 10.2. The molecule has 2 aromatic carbocycles. The number of nitrogens with one attached hydrogen (secondary N) is 1. The van der Waals surface area contributed by atoms with Crippen molar-refractivity contribution in [1.82, 2.24) is 9.88 Å². The first kappa shape index (κ1) is 17.3. The molecule has 1 amide bonds. The first-order chi connectivity index (χ1) is 13.0. The molecule has 0 aliphatic rings. The fourth-order valence-corrected chi connectivity index (χ4v) is 3.95. The van der Waals surface area contributed by atoms with Crippen LogP contribution in [0.1, 0.15) is 10.4 Å². The Labute approximate surface area is 162 Å². The largest absolute Gasteiger partial charge is 0.422 e. The normalized spacial score (nSPS) is 11.8. The van der Waals surface area contributed by atoms with E-state index >= 15 is 0 Å². The number of hydrogen-bond donors (Lipinski definition) is 1. The van der Waals surface area contributed by atoms with Gasteiger partial charge >= 0.3 is 5.63 Å². The number of para-hydroxylation sites is 2. The third kappa shape index (κ3) is 3.32. The number of fused-ring (bicyclic) bond motifs is 2. The summed E-state index contributed by atoms with van der Waals surface area (Å²) < 4.78 is 8.13. The molecule has 4 aromatic rings. The van der Waals surface area contributed by atoms with Gasteiger partial charge in [0.05, 0.1) is 10.2 Å². The van der Waals surface area contributed by atoms with Gasteiger partial charge in [0.2, 0.25) is 5.11 Å². The molecule has 6 nitrogen and oxygen atoms in total. The summed E-state index contributed by atoms with van der Waals surface area (Å²) in [6, 6.07) is 16.3. The van der Waals surface area contributed by atoms with E-state index in [1.165, 1.54) is 17.4 Å². The van der Waals surface area contributed by atoms with Gasteiger partial charge in [0.25, 0.3) is 5.91 Å². The molecule has 0 aliphatic heterocycles. The average molecular weight is 395 g/mol. The van der Waals surface area contributed by atoms with E-state index in [-0.39, 0.29) is 10.7 Å². The molecule has 2 aromatic heterocycles. The number of aromatic nitrogens is 1. The third-order valence-electron chi connectivity index (χ3n) is 4.02. The van der Waals surface area contributed by atoms with E-state index in [0.717, 1.165) is 10.2 Å². The number of carbonyl (C=O) groups is 1. The first-order valence-electron chi connectivity index (χ1n) is 8.00. The van der Waals surface area contributed by atoms with Gasteiger partial charge in [-0.15, -0.1) is 0 Å². The van der Waals surface area contributed by atoms with Crippen LogP contribution < -0.4 is 15.7 Å². The summed E-state index contributed by atoms with van der Waals surface area (Å²) in [6.07, 6.45) is 0. The van der Waals surface area contributed by atoms with Crippen molar-refractivity contribution < 1.29 is 9.21 Å². The van der Waals surface area contributed by atoms with E-state index in [1.54, 1.807) is 24.3 Å². The smallest absolute Gasteiger partial charge is 0.349 e. The first-order valence-corrected chi connectivity index (χ1v) is 9.23. The SMILES string of the molecule is Cn1c(=NC(=S)NC(=O)c2cc3ccccc3oc2=O)sc2ccccc21. The summed E-state index contributed by atoms with van der Waals surface area (Å²) in [6.45, 7) is 0. The maximum Gasteiger partial charge on any atom is 0.349 e. The van der Waals surface area contributed by atoms with Crippen molar-refractivity contribution >= 4 is 55.8 Å². The van der Waals surface area contributed by atoms with Crippen molar-refractivity contribution in [3.63, 3.8) is 0 Å². The Morgan fingerprint density at radius 2 is 1.93 bits per heavy atom. The van der Waals surface area contributed by atoms with Gasteiger partial charge in [-0.2, -0.15) is 4.99 Å². The van der Waals surface area contributed by atoms with E-state index < -0.39 is 11.5 Å². The van der Waals surface area contributed by atoms with Gasteiger partial charge in [0.1, 0.15) is 11.1 Å². The van der Waals surface area contributed by atoms with Gasteiger partial charge in [-0.3, -0.25) is 10.1 Å². The van der Waals surface area contributed by atoms with E-state index in [2.05, 4.69) is 10.3 Å². The van der Waals surface area contributed by atoms with Crippen LogP contribution in [0.25, 0.3) is 21.2 Å². The molecular formula is C19H13N3O3S2. The van der Waals surface area contributed by atoms with Crippen LogP contribution in [0, 0.1) is 0 Å². The average Bonchev–Trinajstić information content (AvgIpc) is 2.97. The van der Waals surface area contributed by atoms with Crippen molar-refractivity contribution in [3.05, 3.63) is 75.4 Å². The Bertz CT molecular complexity index is 1330. The zero-order valence-electron chi connectivity index (χ0n) is 14.1. The Balaban J connectivity index is 1.64. The molecule has 0 atom stereocenters. The van der Waals surface area contributed by atoms with Gasteiger partial charge in [-0.25, -0.2) is 4.79 Å². The van der Waals surface area contributed by atoms with Gasteiger partial charge in [-0.05, 0) is 36.5 Å². The summed E-state index contributed by atoms with van der Waals surface area (Å²) in [4.78, 5) is 29.5. The molecule has 0 spiro atoms. The predicted octanol–water partition coefficient (Wildman–Crippen LogP) is 2.96. The molecular weight excluding hydrogens is 382 g/mol. The summed E-state index contributed by atoms with van der Waals surface area (Å²) in [5, 5.41) is 3.12. The number of benzene rings is 2. The van der Waals surface area contributed by atoms with Crippen molar-refractivity contribution in [2.24, 2.45) is 12.0 Å². The van der Waals surface area contributed by atoms with Crippen molar-refractivity contribution in [1.29, 1.82) is 0 Å². The van der Waals surface area contributed by atoms with Crippen LogP contribution in [0.2, 0.25) is 0 Å². The lowest BCUT2D eigenvalue weighted by Gasteiger charge is -2.03. The van der Waals surface area contributed by atoms with Crippen LogP contribution in [0.4, 0.5) is 0 Å². The number of aryl methyl sites for hydroxylation is 1. The summed E-state index contributed by atoms with van der Waals surface area (Å²) in [5.41, 5.74) is 0.600. The van der Waals surface area contributed by atoms with E-state index in [0.29, 0.717) is 15.8 Å². The number of thiocarbonyl (C=S) groups is 1. The highest BCUT2D eigenvalue weighted by molar-refractivity contribution is 7.80. The van der Waals surface area contributed by atoms with Gasteiger partial charge in [0.15, 0.2) is 4.80 Å². The summed E-state index contributed by atoms with van der Waals surface area (Å²) >= 11 is 6.64. The Morgan fingerprint density at radius 3 is 2.74 bits per heavy atom. The highest BCUT2D eigenvalue weighted by Gasteiger charge is 2.15. The minimum Gasteiger partial charge on any atom is -0.422 e. The number of amides is 1. The van der Waals surface area contributed by atoms with Crippen LogP contribution >= 0.6 is 23.6 Å². The van der Waals surface area contributed by atoms with E-state index in [4.69, 9.17) is 16.6 Å². The molecule has 0 fully saturated rings. The standard InChI is InChI=1S/C19H13N3O3S2/c1-22-13-7-3-5-9-15(13)27-19(22)21-18(26)20-16(23)12-10-11-6-2-4-8-14(11)25-17(12)24/h2-10H,1H3,(H,20,23,26). The Morgan fingerprint density at radius 1 is 1.19 bits per heavy atom. The lowest BCUT2D eigenvalue weighted by Crippen LogP contribution is -2.32. The van der Waals surface area contributed by atoms with Crippen LogP contribution in [-0.4, -0.2) is 15.6 Å². The molecule has 8 heteroatoms. The van der Waals surface area contributed by atoms with Crippen LogP contribution in [0.3, 0.4) is 0 Å². The molecule has 0 unspecified atom stereocenters. The Hall–Kier alpha value is -3.10. The second-order valence-corrected chi connectivity index (χ2v) is 7.16. The molecule has 0 bridgehead atoms. The fourth-order valence-electron chi connectivity index (χ4n) is 2.69. The maximum atomic E-state index is 12.4. The third-order valence-corrected chi connectivity index (χ3v) is 5.32. The predicted molar refractivity (Wildman–Crippen MR) is 109 cm³/mol. The summed E-state index contributed by atoms with van der Waals surface area (Å²) in [7, 11) is 1.88. The second kappa shape index (κ2) is 6.90. The second-order valence-electron chi connectivity index (χ2n) is 5.77. The van der Waals surface area contributed by atoms with Crippen molar-refractivity contribution in [3.8, 4) is 0 Å². The quantitative estimate of drug-likeness (QED) is 0.397. The van der Waals surface area contributed by atoms with Gasteiger partial charge in [0, 0.05) is 12.4 Å². The fraction of sp³-hybridized carbons (Fsp3) is 0.0526. The van der Waals surface area contributed by atoms with Gasteiger partial charge < -0.3 is 8.98 Å². The molecule has 0 saturated heterocycles. The zero-order valence-corrected chi connectivity index (χ0v) is 15.8. The monoisotopic (exact) mass is 395 g/mol. The summed E-state index contributed by atoms with van der Waals surface area (Å²) in [5.74, 6) is -0.646. The number of nitrogens with zero attached hydrogens (tertiary/aromatic N) is 2. The number of carbonyl (C=O) groups excluding carboxylic acids is 1. The highest BCUT2D eigenvalue weighted by atomic mass is 32.1. The van der Waals surface area contributed by atoms with E-state index in [1.807, 2.05) is 35.9 Å². The molecule has 4 rings (SSSR count). The van der Waals surface area contributed by atoms with Crippen molar-refractivity contribution in [2.75, 3.05) is 0 Å². The molecule has 27 heavy (non-hydrogen) atoms. The van der Waals surface area contributed by atoms with Crippen molar-refractivity contribution in [2.45, 2.75) is 0 Å². The Kier molecular flexibility index (Phi) is 4.43. The van der Waals surface area contributed by atoms with Gasteiger partial charge in [-0.1, -0.05) is 41.7 Å². The topological polar surface area (TPSA) is 76.6 Å². The molecule has 2 heterocycles. The minimum atomic E-state index is -0.721. The zero-order chi connectivity index (χ0) is 19.0. The molecule has 0 radical (unpaired) electrons. The van der Waals surface area contributed by atoms with Crippen LogP contribution in [-0.2, 0) is 7.05 Å².